The third kappa shape index (κ3) is 3.66. The molecule has 2 N–H and O–H groups in total. The first-order valence-corrected chi connectivity index (χ1v) is 8.21. The zero-order valence-corrected chi connectivity index (χ0v) is 14.2. The third-order valence-corrected chi connectivity index (χ3v) is 4.64. The molecule has 2 aromatic heterocycles. The van der Waals surface area contributed by atoms with Crippen molar-refractivity contribution in [2.45, 2.75) is 31.0 Å². The van der Waals surface area contributed by atoms with Gasteiger partial charge >= 0.3 is 6.18 Å². The zero-order valence-electron chi connectivity index (χ0n) is 13.5. The predicted octanol–water partition coefficient (Wildman–Crippen LogP) is 3.10. The van der Waals surface area contributed by atoms with Crippen molar-refractivity contribution < 1.29 is 23.1 Å². The van der Waals surface area contributed by atoms with Crippen LogP contribution in [0.25, 0.3) is 0 Å². The van der Waals surface area contributed by atoms with Crippen LogP contribution in [-0.2, 0) is 18.2 Å². The minimum absolute atomic E-state index is 0.102. The molecule has 1 saturated carbocycles. The van der Waals surface area contributed by atoms with Crippen LogP contribution in [0.5, 0.6) is 0 Å². The highest BCUT2D eigenvalue weighted by Crippen LogP contribution is 2.49. The van der Waals surface area contributed by atoms with Gasteiger partial charge in [0.15, 0.2) is 0 Å². The largest absolute Gasteiger partial charge is 0.418 e. The molecule has 26 heavy (non-hydrogen) atoms. The molecule has 0 aliphatic heterocycles. The van der Waals surface area contributed by atoms with Gasteiger partial charge in [0.2, 0.25) is 0 Å². The molecule has 5 nitrogen and oxygen atoms in total. The van der Waals surface area contributed by atoms with Gasteiger partial charge in [0, 0.05) is 24.4 Å². The van der Waals surface area contributed by atoms with Crippen molar-refractivity contribution in [1.29, 1.82) is 0 Å². The van der Waals surface area contributed by atoms with E-state index in [-0.39, 0.29) is 13.2 Å². The number of rotatable bonds is 5. The molecule has 1 amide bonds. The van der Waals surface area contributed by atoms with Crippen LogP contribution in [0.1, 0.15) is 40.2 Å². The number of halogens is 4. The lowest BCUT2D eigenvalue weighted by molar-refractivity contribution is -0.138. The highest BCUT2D eigenvalue weighted by molar-refractivity contribution is 6.31. The Morgan fingerprint density at radius 3 is 2.65 bits per heavy atom. The molecular formula is C17H15ClF3N3O2. The summed E-state index contributed by atoms with van der Waals surface area (Å²) in [6.45, 7) is -0.0957. The van der Waals surface area contributed by atoms with Crippen LogP contribution in [0.15, 0.2) is 30.6 Å². The van der Waals surface area contributed by atoms with E-state index >= 15 is 0 Å². The van der Waals surface area contributed by atoms with Gasteiger partial charge in [0.05, 0.1) is 22.9 Å². The molecule has 0 saturated heterocycles. The van der Waals surface area contributed by atoms with Crippen molar-refractivity contribution in [3.8, 4) is 0 Å². The smallest absolute Gasteiger partial charge is 0.392 e. The fourth-order valence-electron chi connectivity index (χ4n) is 2.75. The predicted molar refractivity (Wildman–Crippen MR) is 87.7 cm³/mol. The molecular weight excluding hydrogens is 371 g/mol. The summed E-state index contributed by atoms with van der Waals surface area (Å²) >= 11 is 6.20. The summed E-state index contributed by atoms with van der Waals surface area (Å²) in [6.07, 6.45) is -0.629. The van der Waals surface area contributed by atoms with Crippen LogP contribution in [0.4, 0.5) is 13.2 Å². The number of alkyl halides is 3. The fraction of sp³-hybridized carbons (Fsp3) is 0.353. The van der Waals surface area contributed by atoms with E-state index in [9.17, 15) is 18.0 Å². The van der Waals surface area contributed by atoms with Gasteiger partial charge in [-0.2, -0.15) is 13.2 Å². The number of aliphatic hydroxyl groups is 1. The van der Waals surface area contributed by atoms with E-state index in [0.29, 0.717) is 29.1 Å². The molecule has 0 radical (unpaired) electrons. The normalized spacial score (nSPS) is 15.6. The summed E-state index contributed by atoms with van der Waals surface area (Å²) in [6, 6.07) is 3.54. The second-order valence-corrected chi connectivity index (χ2v) is 6.60. The number of nitrogens with one attached hydrogen (secondary N) is 1. The number of carbonyl (C=O) groups excluding carboxylic acids is 1. The first-order valence-electron chi connectivity index (χ1n) is 7.83. The lowest BCUT2D eigenvalue weighted by atomic mass is 10.0. The van der Waals surface area contributed by atoms with Gasteiger partial charge in [-0.05, 0) is 36.6 Å². The number of hydrogen-bond acceptors (Lipinski definition) is 4. The number of amides is 1. The molecule has 9 heteroatoms. The molecule has 2 heterocycles. The maximum absolute atomic E-state index is 13.0. The van der Waals surface area contributed by atoms with Crippen LogP contribution in [-0.4, -0.2) is 27.5 Å². The Kier molecular flexibility index (Phi) is 4.90. The lowest BCUT2D eigenvalue weighted by Crippen LogP contribution is -2.34. The molecule has 0 spiro atoms. The molecule has 138 valence electrons. The first-order chi connectivity index (χ1) is 12.3. The summed E-state index contributed by atoms with van der Waals surface area (Å²) in [5.74, 6) is -0.896. The maximum atomic E-state index is 13.0. The van der Waals surface area contributed by atoms with Crippen molar-refractivity contribution in [3.05, 3.63) is 58.1 Å². The average Bonchev–Trinajstić information content (AvgIpc) is 3.39. The van der Waals surface area contributed by atoms with Crippen LogP contribution in [0.3, 0.4) is 0 Å². The minimum atomic E-state index is -4.66. The average molecular weight is 386 g/mol. The quantitative estimate of drug-likeness (QED) is 0.829. The van der Waals surface area contributed by atoms with Gasteiger partial charge < -0.3 is 10.4 Å². The zero-order chi connectivity index (χ0) is 18.9. The van der Waals surface area contributed by atoms with E-state index in [0.717, 1.165) is 18.3 Å². The number of hydrogen-bond donors (Lipinski definition) is 2. The van der Waals surface area contributed by atoms with Crippen molar-refractivity contribution in [2.24, 2.45) is 0 Å². The molecule has 3 rings (SSSR count). The van der Waals surface area contributed by atoms with Crippen molar-refractivity contribution in [1.82, 2.24) is 15.3 Å². The molecule has 1 fully saturated rings. The van der Waals surface area contributed by atoms with Gasteiger partial charge in [-0.1, -0.05) is 11.6 Å². The molecule has 2 aromatic rings. The standard InChI is InChI=1S/C17H15ClF3N3O2/c18-12-6-10(8-25)7-23-14(12)16(3-4-16)9-24-15(26)13-11(17(19,20)21)2-1-5-22-13/h1-2,5-7,25H,3-4,8-9H2,(H,24,26). The Hall–Kier alpha value is -2.19. The third-order valence-electron chi connectivity index (χ3n) is 4.35. The number of nitrogens with zero attached hydrogens (tertiary/aromatic N) is 2. The highest BCUT2D eigenvalue weighted by atomic mass is 35.5. The summed E-state index contributed by atoms with van der Waals surface area (Å²) in [7, 11) is 0. The monoisotopic (exact) mass is 385 g/mol. The van der Waals surface area contributed by atoms with Gasteiger partial charge in [-0.25, -0.2) is 0 Å². The minimum Gasteiger partial charge on any atom is -0.392 e. The highest BCUT2D eigenvalue weighted by Gasteiger charge is 2.47. The van der Waals surface area contributed by atoms with E-state index in [4.69, 9.17) is 16.7 Å². The van der Waals surface area contributed by atoms with Gasteiger partial charge in [0.25, 0.3) is 5.91 Å². The number of carbonyl (C=O) groups is 1. The molecule has 0 atom stereocenters. The Labute approximate surface area is 152 Å². The maximum Gasteiger partial charge on any atom is 0.418 e. The Bertz CT molecular complexity index is 838. The second kappa shape index (κ2) is 6.85. The SMILES string of the molecule is O=C(NCC1(c2ncc(CO)cc2Cl)CC1)c1ncccc1C(F)(F)F. The van der Waals surface area contributed by atoms with E-state index in [1.807, 2.05) is 0 Å². The second-order valence-electron chi connectivity index (χ2n) is 6.19. The molecule has 0 unspecified atom stereocenters. The topological polar surface area (TPSA) is 75.1 Å². The fourth-order valence-corrected chi connectivity index (χ4v) is 3.14. The molecule has 1 aliphatic rings. The van der Waals surface area contributed by atoms with Crippen LogP contribution in [0, 0.1) is 0 Å². The van der Waals surface area contributed by atoms with Crippen molar-refractivity contribution in [2.75, 3.05) is 6.54 Å². The summed E-state index contributed by atoms with van der Waals surface area (Å²) in [4.78, 5) is 20.1. The summed E-state index contributed by atoms with van der Waals surface area (Å²) in [5.41, 5.74) is -1.12. The van der Waals surface area contributed by atoms with E-state index in [2.05, 4.69) is 15.3 Å². The van der Waals surface area contributed by atoms with Crippen molar-refractivity contribution in [3.63, 3.8) is 0 Å². The van der Waals surface area contributed by atoms with Gasteiger partial charge in [-0.3, -0.25) is 14.8 Å². The number of aliphatic hydroxyl groups excluding tert-OH is 1. The molecule has 0 bridgehead atoms. The summed E-state index contributed by atoms with van der Waals surface area (Å²) < 4.78 is 39.1. The van der Waals surface area contributed by atoms with Gasteiger partial charge in [-0.15, -0.1) is 0 Å². The van der Waals surface area contributed by atoms with Crippen LogP contribution >= 0.6 is 11.6 Å². The Morgan fingerprint density at radius 2 is 2.08 bits per heavy atom. The van der Waals surface area contributed by atoms with E-state index < -0.39 is 28.8 Å². The lowest BCUT2D eigenvalue weighted by Gasteiger charge is -2.18. The summed E-state index contributed by atoms with van der Waals surface area (Å²) in [5, 5.41) is 12.0. The number of aromatic nitrogens is 2. The molecule has 1 aliphatic carbocycles. The van der Waals surface area contributed by atoms with Gasteiger partial charge in [0.1, 0.15) is 5.69 Å². The Morgan fingerprint density at radius 1 is 1.35 bits per heavy atom. The molecule has 0 aromatic carbocycles. The first kappa shape index (κ1) is 18.6. The van der Waals surface area contributed by atoms with E-state index in [1.54, 1.807) is 6.07 Å². The van der Waals surface area contributed by atoms with Crippen molar-refractivity contribution >= 4 is 17.5 Å². The number of pyridine rings is 2. The van der Waals surface area contributed by atoms with Crippen LogP contribution < -0.4 is 5.32 Å². The Balaban J connectivity index is 1.77. The van der Waals surface area contributed by atoms with Crippen LogP contribution in [0.2, 0.25) is 5.02 Å². The van der Waals surface area contributed by atoms with E-state index in [1.165, 1.54) is 6.20 Å².